The van der Waals surface area contributed by atoms with Crippen molar-refractivity contribution in [1.82, 2.24) is 14.5 Å². The Labute approximate surface area is 340 Å². The van der Waals surface area contributed by atoms with Crippen LogP contribution in [0.25, 0.3) is 0 Å². The fourth-order valence-electron chi connectivity index (χ4n) is 10.3. The summed E-state index contributed by atoms with van der Waals surface area (Å²) >= 11 is 6.50. The molecule has 2 fully saturated rings. The largest absolute Gasteiger partial charge is 0.490 e. The van der Waals surface area contributed by atoms with Crippen LogP contribution in [0.1, 0.15) is 83.7 Å². The molecule has 12 nitrogen and oxygen atoms in total. The number of carbonyl (C=O) groups is 2. The molecular formula is C43H54ClN5O7S. The van der Waals surface area contributed by atoms with Gasteiger partial charge in [-0.3, -0.25) is 19.0 Å². The van der Waals surface area contributed by atoms with Gasteiger partial charge >= 0.3 is 0 Å². The summed E-state index contributed by atoms with van der Waals surface area (Å²) in [4.78, 5) is 30.6. The van der Waals surface area contributed by atoms with E-state index < -0.39 is 21.7 Å². The summed E-state index contributed by atoms with van der Waals surface area (Å²) in [6.45, 7) is 7.88. The Balaban J connectivity index is 1.23. The molecule has 57 heavy (non-hydrogen) atoms. The third kappa shape index (κ3) is 7.84. The van der Waals surface area contributed by atoms with Gasteiger partial charge in [0.1, 0.15) is 21.2 Å². The second kappa shape index (κ2) is 16.0. The van der Waals surface area contributed by atoms with E-state index in [1.807, 2.05) is 38.3 Å². The molecule has 3 aliphatic heterocycles. The van der Waals surface area contributed by atoms with E-state index in [0.29, 0.717) is 37.2 Å². The van der Waals surface area contributed by atoms with Crippen LogP contribution in [0.5, 0.6) is 11.6 Å². The second-order valence-electron chi connectivity index (χ2n) is 16.9. The molecule has 5 aliphatic rings. The number of rotatable bonds is 6. The first-order valence-corrected chi connectivity index (χ1v) is 22.3. The highest BCUT2D eigenvalue weighted by molar-refractivity contribution is 7.92. The lowest BCUT2D eigenvalue weighted by Gasteiger charge is -2.47. The molecule has 9 atom stereocenters. The van der Waals surface area contributed by atoms with Crippen molar-refractivity contribution in [3.63, 3.8) is 0 Å². The third-order valence-corrected chi connectivity index (χ3v) is 15.3. The molecule has 3 aromatic rings. The standard InChI is InChI=1S/C43H54ClN5O7S/c1-6-8-32-18-30-20-38(53-4)33-13-10-29(33)21-49-24-43(16-7-9-27-17-31(44)12-14-35(27)43)25-55-37-15-11-28(19-36(37)49)40(50)46-57(52,23-26(2)39(30)56-32)47-41(51)34-22-48(3)45-42(34)54-5/h6,11-12,14-15,17,19,22,26,29-30,32-33,38-39H,1,7-10,13,16,18,20-21,23-25H2,2-5H3,(H,46,47,50,51,52)/t26-,29+,30-,32-,33-,38+,39-,43+,57+/m1/s1. The van der Waals surface area contributed by atoms with Gasteiger partial charge < -0.3 is 23.8 Å². The molecule has 306 valence electrons. The lowest BCUT2D eigenvalue weighted by molar-refractivity contribution is -0.0440. The lowest BCUT2D eigenvalue weighted by atomic mass is 9.67. The molecule has 2 aliphatic carbocycles. The zero-order valence-corrected chi connectivity index (χ0v) is 34.9. The number of fused-ring (bicyclic) bond motifs is 5. The maximum absolute atomic E-state index is 15.1. The van der Waals surface area contributed by atoms with E-state index >= 15 is 4.21 Å². The average Bonchev–Trinajstić information content (AvgIpc) is 3.72. The van der Waals surface area contributed by atoms with Gasteiger partial charge in [0.2, 0.25) is 5.88 Å². The predicted octanol–water partition coefficient (Wildman–Crippen LogP) is 6.94. The molecule has 4 heterocycles. The normalized spacial score (nSPS) is 32.4. The van der Waals surface area contributed by atoms with Crippen molar-refractivity contribution >= 4 is 39.0 Å². The summed E-state index contributed by atoms with van der Waals surface area (Å²) < 4.78 is 48.7. The van der Waals surface area contributed by atoms with Gasteiger partial charge in [0.05, 0.1) is 43.5 Å². The van der Waals surface area contributed by atoms with E-state index in [1.165, 1.54) is 29.1 Å². The maximum Gasteiger partial charge on any atom is 0.286 e. The molecule has 0 radical (unpaired) electrons. The van der Waals surface area contributed by atoms with Crippen molar-refractivity contribution < 1.29 is 32.7 Å². The van der Waals surface area contributed by atoms with Crippen LogP contribution >= 0.6 is 11.6 Å². The van der Waals surface area contributed by atoms with Gasteiger partial charge in [-0.25, -0.2) is 4.21 Å². The zero-order valence-electron chi connectivity index (χ0n) is 33.3. The molecule has 1 spiro atoms. The van der Waals surface area contributed by atoms with Gasteiger partial charge in [-0.1, -0.05) is 30.7 Å². The van der Waals surface area contributed by atoms with E-state index in [2.05, 4.69) is 37.8 Å². The monoisotopic (exact) mass is 819 g/mol. The summed E-state index contributed by atoms with van der Waals surface area (Å²) in [7, 11) is 1.16. The predicted molar refractivity (Wildman–Crippen MR) is 220 cm³/mol. The van der Waals surface area contributed by atoms with Gasteiger partial charge in [-0.2, -0.15) is 0 Å². The first-order valence-electron chi connectivity index (χ1n) is 20.2. The molecule has 2 amide bonds. The number of benzene rings is 2. The Morgan fingerprint density at radius 1 is 1.18 bits per heavy atom. The SMILES string of the molecule is C=CC[C@@H]1C[C@@H]2C[C@H](OC)[C@@H]3CC[C@H]3CN3C[C@@]4(CCCc5cc(Cl)ccc54)COc4ccc(cc43)C(=O)N=[S@](=O)(NC(=O)c3cn(C)nc3OC)C[C@@H](C)[C@H]2O1. The van der Waals surface area contributed by atoms with Crippen molar-refractivity contribution in [2.45, 2.75) is 82.0 Å². The number of nitrogens with zero attached hydrogens (tertiary/aromatic N) is 4. The number of ether oxygens (including phenoxy) is 4. The number of hydrogen-bond acceptors (Lipinski definition) is 9. The van der Waals surface area contributed by atoms with Crippen molar-refractivity contribution in [1.29, 1.82) is 0 Å². The number of carbonyl (C=O) groups excluding carboxylic acids is 2. The highest BCUT2D eigenvalue weighted by atomic mass is 35.5. The highest BCUT2D eigenvalue weighted by Gasteiger charge is 2.47. The number of aromatic nitrogens is 2. The van der Waals surface area contributed by atoms with Gasteiger partial charge in [0.15, 0.2) is 0 Å². The fraction of sp³-hybridized carbons (Fsp3) is 0.558. The summed E-state index contributed by atoms with van der Waals surface area (Å²) in [5.41, 5.74) is 3.38. The van der Waals surface area contributed by atoms with Crippen molar-refractivity contribution in [3.05, 3.63) is 82.5 Å². The van der Waals surface area contributed by atoms with E-state index in [0.717, 1.165) is 62.2 Å². The topological polar surface area (TPSA) is 134 Å². The molecule has 1 aromatic heterocycles. The second-order valence-corrected chi connectivity index (χ2v) is 19.3. The van der Waals surface area contributed by atoms with Crippen LogP contribution in [0.2, 0.25) is 5.02 Å². The molecule has 1 N–H and O–H groups in total. The fourth-order valence-corrected chi connectivity index (χ4v) is 12.4. The van der Waals surface area contributed by atoms with Crippen LogP contribution in [-0.2, 0) is 38.3 Å². The first-order chi connectivity index (χ1) is 27.4. The number of nitrogens with one attached hydrogen (secondary N) is 1. The van der Waals surface area contributed by atoms with Crippen LogP contribution in [0.15, 0.2) is 59.6 Å². The Morgan fingerprint density at radius 2 is 2.02 bits per heavy atom. The molecule has 1 saturated carbocycles. The molecule has 0 unspecified atom stereocenters. The van der Waals surface area contributed by atoms with E-state index in [1.54, 1.807) is 13.1 Å². The number of hydrogen-bond donors (Lipinski definition) is 1. The lowest BCUT2D eigenvalue weighted by Crippen LogP contribution is -2.50. The van der Waals surface area contributed by atoms with Crippen LogP contribution in [-0.4, -0.2) is 83.8 Å². The Bertz CT molecular complexity index is 2170. The highest BCUT2D eigenvalue weighted by Crippen LogP contribution is 2.48. The molecule has 8 rings (SSSR count). The minimum absolute atomic E-state index is 0.00338. The quantitative estimate of drug-likeness (QED) is 0.263. The van der Waals surface area contributed by atoms with E-state index in [4.69, 9.17) is 30.5 Å². The Kier molecular flexibility index (Phi) is 11.2. The number of aryl methyl sites for hydroxylation is 2. The summed E-state index contributed by atoms with van der Waals surface area (Å²) in [5, 5.41) is 4.93. The molecule has 2 aromatic carbocycles. The molecule has 14 heteroatoms. The summed E-state index contributed by atoms with van der Waals surface area (Å²) in [6.07, 6.45) is 10.3. The van der Waals surface area contributed by atoms with Crippen LogP contribution < -0.4 is 19.1 Å². The average molecular weight is 820 g/mol. The molecule has 2 bridgehead atoms. The van der Waals surface area contributed by atoms with Crippen LogP contribution in [0, 0.1) is 23.7 Å². The first kappa shape index (κ1) is 39.9. The molecular weight excluding hydrogens is 766 g/mol. The minimum Gasteiger partial charge on any atom is -0.490 e. The van der Waals surface area contributed by atoms with E-state index in [9.17, 15) is 9.59 Å². The van der Waals surface area contributed by atoms with Crippen LogP contribution in [0.3, 0.4) is 0 Å². The van der Waals surface area contributed by atoms with Gasteiger partial charge in [-0.05, 0) is 116 Å². The zero-order chi connectivity index (χ0) is 40.1. The summed E-state index contributed by atoms with van der Waals surface area (Å²) in [6, 6.07) is 11.6. The number of halogens is 1. The van der Waals surface area contributed by atoms with Gasteiger partial charge in [-0.15, -0.1) is 16.0 Å². The number of amides is 2. The minimum atomic E-state index is -3.73. The summed E-state index contributed by atoms with van der Waals surface area (Å²) in [5.74, 6) is -0.283. The van der Waals surface area contributed by atoms with Gasteiger partial charge in [0.25, 0.3) is 11.8 Å². The Morgan fingerprint density at radius 3 is 2.77 bits per heavy atom. The van der Waals surface area contributed by atoms with Crippen molar-refractivity contribution in [2.24, 2.45) is 35.1 Å². The number of anilines is 1. The maximum atomic E-state index is 15.1. The third-order valence-electron chi connectivity index (χ3n) is 13.1. The van der Waals surface area contributed by atoms with Gasteiger partial charge in [0, 0.05) is 49.4 Å². The van der Waals surface area contributed by atoms with E-state index in [-0.39, 0.29) is 58.3 Å². The Hall–Kier alpha value is -3.91. The van der Waals surface area contributed by atoms with Crippen molar-refractivity contribution in [2.75, 3.05) is 44.6 Å². The smallest absolute Gasteiger partial charge is 0.286 e. The van der Waals surface area contributed by atoms with Crippen molar-refractivity contribution in [3.8, 4) is 11.6 Å². The molecule has 1 saturated heterocycles. The van der Waals surface area contributed by atoms with Crippen LogP contribution in [0.4, 0.5) is 5.69 Å². The number of methoxy groups -OCH3 is 2.